The Kier molecular flexibility index (Phi) is 5.73. The van der Waals surface area contributed by atoms with Gasteiger partial charge in [-0.05, 0) is 37.3 Å². The first-order chi connectivity index (χ1) is 13.4. The lowest BCUT2D eigenvalue weighted by molar-refractivity contribution is 0.0502. The fraction of sp³-hybridized carbons (Fsp3) is 0.650. The minimum Gasteiger partial charge on any atom is -0.333 e. The van der Waals surface area contributed by atoms with E-state index in [1.807, 2.05) is 35.2 Å². The van der Waals surface area contributed by atoms with Gasteiger partial charge in [0.2, 0.25) is 0 Å². The number of carbonyl (C=O) groups excluding carboxylic acids is 1. The molecule has 0 radical (unpaired) electrons. The summed E-state index contributed by atoms with van der Waals surface area (Å²) in [4.78, 5) is 17.2. The highest BCUT2D eigenvalue weighted by Crippen LogP contribution is 2.26. The van der Waals surface area contributed by atoms with Crippen molar-refractivity contribution >= 4 is 16.1 Å². The zero-order valence-corrected chi connectivity index (χ0v) is 17.3. The summed E-state index contributed by atoms with van der Waals surface area (Å²) in [6, 6.07) is 9.60. The molecule has 28 heavy (non-hydrogen) atoms. The van der Waals surface area contributed by atoms with Crippen LogP contribution >= 0.6 is 0 Å². The lowest BCUT2D eigenvalue weighted by Gasteiger charge is -2.40. The average molecular weight is 407 g/mol. The van der Waals surface area contributed by atoms with Gasteiger partial charge in [-0.2, -0.15) is 12.7 Å². The van der Waals surface area contributed by atoms with Crippen LogP contribution in [0.15, 0.2) is 30.3 Å². The normalized spacial score (nSPS) is 31.1. The van der Waals surface area contributed by atoms with Crippen molar-refractivity contribution in [3.8, 4) is 0 Å². The summed E-state index contributed by atoms with van der Waals surface area (Å²) in [5.74, 6) is 0.447. The molecular weight excluding hydrogens is 376 g/mol. The van der Waals surface area contributed by atoms with Gasteiger partial charge < -0.3 is 4.90 Å². The van der Waals surface area contributed by atoms with Crippen molar-refractivity contribution in [2.75, 3.05) is 39.3 Å². The fourth-order valence-electron chi connectivity index (χ4n) is 4.69. The van der Waals surface area contributed by atoms with E-state index >= 15 is 0 Å². The molecule has 1 aromatic carbocycles. The molecule has 3 aliphatic heterocycles. The largest absolute Gasteiger partial charge is 0.333 e. The SMILES string of the molecule is CC1CCCN(S(=O)(=O)NCC2CN(C(=O)c3ccccc3)C3CCN2C3)C1. The molecule has 2 bridgehead atoms. The van der Waals surface area contributed by atoms with Gasteiger partial charge in [-0.15, -0.1) is 0 Å². The van der Waals surface area contributed by atoms with Crippen LogP contribution in [0.25, 0.3) is 0 Å². The number of amides is 1. The van der Waals surface area contributed by atoms with Gasteiger partial charge >= 0.3 is 0 Å². The fourth-order valence-corrected chi connectivity index (χ4v) is 6.10. The van der Waals surface area contributed by atoms with Gasteiger partial charge in [0.15, 0.2) is 0 Å². The van der Waals surface area contributed by atoms with E-state index in [1.165, 1.54) is 0 Å². The Morgan fingerprint density at radius 1 is 1.11 bits per heavy atom. The van der Waals surface area contributed by atoms with E-state index in [9.17, 15) is 13.2 Å². The lowest BCUT2D eigenvalue weighted by atomic mass is 10.0. The van der Waals surface area contributed by atoms with E-state index in [0.717, 1.165) is 32.4 Å². The van der Waals surface area contributed by atoms with Gasteiger partial charge in [-0.25, -0.2) is 4.72 Å². The molecule has 3 fully saturated rings. The van der Waals surface area contributed by atoms with Crippen molar-refractivity contribution in [2.45, 2.75) is 38.3 Å². The van der Waals surface area contributed by atoms with Crippen LogP contribution in [-0.2, 0) is 10.2 Å². The van der Waals surface area contributed by atoms with Crippen LogP contribution in [0, 0.1) is 5.92 Å². The highest BCUT2D eigenvalue weighted by Gasteiger charge is 2.41. The molecule has 154 valence electrons. The van der Waals surface area contributed by atoms with E-state index < -0.39 is 10.2 Å². The Hall–Kier alpha value is -1.48. The monoisotopic (exact) mass is 406 g/mol. The van der Waals surface area contributed by atoms with Gasteiger partial charge in [-0.1, -0.05) is 25.1 Å². The van der Waals surface area contributed by atoms with E-state index in [-0.39, 0.29) is 18.0 Å². The molecule has 8 heteroatoms. The molecule has 1 N–H and O–H groups in total. The number of carbonyl (C=O) groups is 1. The molecule has 4 atom stereocenters. The number of hydrogen-bond donors (Lipinski definition) is 1. The van der Waals surface area contributed by atoms with Crippen LogP contribution in [0.1, 0.15) is 36.5 Å². The summed E-state index contributed by atoms with van der Waals surface area (Å²) in [7, 11) is -3.47. The standard InChI is InChI=1S/C20H30N4O3S/c1-16-6-5-10-23(13-16)28(26,27)21-12-19-15-24(18-9-11-22(19)14-18)20(25)17-7-3-2-4-8-17/h2-4,7-8,16,18-19,21H,5-6,9-15H2,1H3. The molecule has 0 aromatic heterocycles. The number of nitrogens with zero attached hydrogens (tertiary/aromatic N) is 3. The number of piperazine rings is 1. The second-order valence-corrected chi connectivity index (χ2v) is 10.1. The summed E-state index contributed by atoms with van der Waals surface area (Å²) in [6.45, 7) is 5.93. The smallest absolute Gasteiger partial charge is 0.279 e. The van der Waals surface area contributed by atoms with Crippen LogP contribution in [-0.4, -0.2) is 79.8 Å². The number of fused-ring (bicyclic) bond motifs is 2. The van der Waals surface area contributed by atoms with Crippen molar-refractivity contribution in [2.24, 2.45) is 5.92 Å². The minimum absolute atomic E-state index is 0.0170. The molecule has 4 rings (SSSR count). The van der Waals surface area contributed by atoms with E-state index in [2.05, 4.69) is 16.5 Å². The van der Waals surface area contributed by atoms with Gasteiger partial charge in [-0.3, -0.25) is 9.69 Å². The van der Waals surface area contributed by atoms with E-state index in [0.29, 0.717) is 37.7 Å². The molecule has 4 unspecified atom stereocenters. The first-order valence-corrected chi connectivity index (χ1v) is 11.7. The lowest BCUT2D eigenvalue weighted by Crippen LogP contribution is -2.58. The first kappa shape index (κ1) is 19.8. The Morgan fingerprint density at radius 3 is 2.64 bits per heavy atom. The molecule has 3 aliphatic rings. The maximum absolute atomic E-state index is 13.0. The Labute approximate surface area is 167 Å². The molecule has 0 saturated carbocycles. The Balaban J connectivity index is 1.41. The topological polar surface area (TPSA) is 73.0 Å². The molecule has 0 aliphatic carbocycles. The maximum Gasteiger partial charge on any atom is 0.279 e. The molecule has 1 aromatic rings. The van der Waals surface area contributed by atoms with Crippen LogP contribution in [0.2, 0.25) is 0 Å². The van der Waals surface area contributed by atoms with Crippen LogP contribution < -0.4 is 4.72 Å². The highest BCUT2D eigenvalue weighted by atomic mass is 32.2. The van der Waals surface area contributed by atoms with Crippen molar-refractivity contribution in [1.29, 1.82) is 0 Å². The molecular formula is C20H30N4O3S. The predicted molar refractivity (Wildman–Crippen MR) is 108 cm³/mol. The molecule has 3 saturated heterocycles. The maximum atomic E-state index is 13.0. The second-order valence-electron chi connectivity index (χ2n) is 8.37. The van der Waals surface area contributed by atoms with Crippen molar-refractivity contribution < 1.29 is 13.2 Å². The summed E-state index contributed by atoms with van der Waals surface area (Å²) < 4.78 is 29.9. The van der Waals surface area contributed by atoms with Gasteiger partial charge in [0.1, 0.15) is 0 Å². The second kappa shape index (κ2) is 8.10. The predicted octanol–water partition coefficient (Wildman–Crippen LogP) is 1.15. The molecule has 7 nitrogen and oxygen atoms in total. The summed E-state index contributed by atoms with van der Waals surface area (Å²) in [5.41, 5.74) is 0.699. The van der Waals surface area contributed by atoms with Crippen LogP contribution in [0.4, 0.5) is 0 Å². The number of piperidine rings is 1. The zero-order valence-electron chi connectivity index (χ0n) is 16.5. The first-order valence-electron chi connectivity index (χ1n) is 10.3. The third kappa shape index (κ3) is 4.10. The van der Waals surface area contributed by atoms with Crippen LogP contribution in [0.5, 0.6) is 0 Å². The average Bonchev–Trinajstić information content (AvgIpc) is 3.11. The number of hydrogen-bond acceptors (Lipinski definition) is 4. The van der Waals surface area contributed by atoms with E-state index in [4.69, 9.17) is 0 Å². The Morgan fingerprint density at radius 2 is 1.89 bits per heavy atom. The quantitative estimate of drug-likeness (QED) is 0.796. The Bertz CT molecular complexity index is 801. The zero-order chi connectivity index (χ0) is 19.7. The van der Waals surface area contributed by atoms with Crippen molar-refractivity contribution in [1.82, 2.24) is 18.8 Å². The van der Waals surface area contributed by atoms with Crippen molar-refractivity contribution in [3.05, 3.63) is 35.9 Å². The van der Waals surface area contributed by atoms with E-state index in [1.54, 1.807) is 4.31 Å². The van der Waals surface area contributed by atoms with Gasteiger partial charge in [0, 0.05) is 56.9 Å². The molecule has 3 heterocycles. The number of rotatable bonds is 5. The van der Waals surface area contributed by atoms with Crippen molar-refractivity contribution in [3.63, 3.8) is 0 Å². The third-order valence-corrected chi connectivity index (χ3v) is 7.84. The third-order valence-electron chi connectivity index (χ3n) is 6.30. The summed E-state index contributed by atoms with van der Waals surface area (Å²) in [6.07, 6.45) is 2.95. The van der Waals surface area contributed by atoms with Gasteiger partial charge in [0.05, 0.1) is 0 Å². The minimum atomic E-state index is -3.47. The highest BCUT2D eigenvalue weighted by molar-refractivity contribution is 7.87. The number of nitrogens with one attached hydrogen (secondary N) is 1. The number of benzene rings is 1. The summed E-state index contributed by atoms with van der Waals surface area (Å²) >= 11 is 0. The molecule has 1 amide bonds. The van der Waals surface area contributed by atoms with Gasteiger partial charge in [0.25, 0.3) is 16.1 Å². The molecule has 0 spiro atoms. The summed E-state index contributed by atoms with van der Waals surface area (Å²) in [5, 5.41) is 0. The van der Waals surface area contributed by atoms with Crippen LogP contribution in [0.3, 0.4) is 0 Å².